The summed E-state index contributed by atoms with van der Waals surface area (Å²) in [6, 6.07) is 20.8. The Labute approximate surface area is 93.0 Å². The fraction of sp³-hybridized carbons (Fsp3) is 0. The Morgan fingerprint density at radius 1 is 0.600 bits per heavy atom. The van der Waals surface area contributed by atoms with Gasteiger partial charge in [0.15, 0.2) is 0 Å². The van der Waals surface area contributed by atoms with Crippen LogP contribution in [0.25, 0.3) is 11.1 Å². The molecule has 0 aliphatic rings. The third kappa shape index (κ3) is 4.05. The molecule has 70 valence electrons. The van der Waals surface area contributed by atoms with Crippen LogP contribution in [0.2, 0.25) is 0 Å². The fourth-order valence-electron chi connectivity index (χ4n) is 1.26. The predicted molar refractivity (Wildman–Crippen MR) is 64.5 cm³/mol. The number of hydrogen-bond acceptors (Lipinski definition) is 1. The Bertz CT molecular complexity index is 324. The van der Waals surface area contributed by atoms with Gasteiger partial charge < -0.3 is 4.57 Å². The molecule has 0 atom stereocenters. The Morgan fingerprint density at radius 3 is 1.13 bits per heavy atom. The largest absolute Gasteiger partial charge is 0.514 e. The molecule has 2 aromatic carbocycles. The highest BCUT2D eigenvalue weighted by molar-refractivity contribution is 6.15. The molecule has 0 spiro atoms. The van der Waals surface area contributed by atoms with Crippen molar-refractivity contribution in [2.24, 2.45) is 0 Å². The SMILES string of the molecule is [B]O[B].c1ccc(-c2ccccc2)cc1. The molecule has 0 unspecified atom stereocenters. The Kier molecular flexibility index (Phi) is 5.34. The Hall–Kier alpha value is -1.47. The Morgan fingerprint density at radius 2 is 0.867 bits per heavy atom. The molecule has 1 nitrogen and oxygen atoms in total. The summed E-state index contributed by atoms with van der Waals surface area (Å²) in [6.07, 6.45) is 0. The van der Waals surface area contributed by atoms with Crippen molar-refractivity contribution in [2.75, 3.05) is 0 Å². The molecule has 0 saturated heterocycles. The minimum absolute atomic E-state index is 1.28. The summed E-state index contributed by atoms with van der Waals surface area (Å²) in [5.41, 5.74) is 2.55. The lowest BCUT2D eigenvalue weighted by atomic mass is 10.1. The van der Waals surface area contributed by atoms with Crippen molar-refractivity contribution in [1.29, 1.82) is 0 Å². The summed E-state index contributed by atoms with van der Waals surface area (Å²) in [4.78, 5) is 0. The van der Waals surface area contributed by atoms with E-state index in [1.165, 1.54) is 11.1 Å². The fourth-order valence-corrected chi connectivity index (χ4v) is 1.26. The van der Waals surface area contributed by atoms with Gasteiger partial charge in [0.2, 0.25) is 0 Å². The van der Waals surface area contributed by atoms with Crippen molar-refractivity contribution < 1.29 is 4.57 Å². The molecule has 0 N–H and O–H groups in total. The van der Waals surface area contributed by atoms with E-state index in [1.807, 2.05) is 12.1 Å². The van der Waals surface area contributed by atoms with Crippen LogP contribution in [-0.4, -0.2) is 16.1 Å². The van der Waals surface area contributed by atoms with E-state index < -0.39 is 0 Å². The van der Waals surface area contributed by atoms with Crippen LogP contribution in [0.3, 0.4) is 0 Å². The topological polar surface area (TPSA) is 9.23 Å². The number of hydrogen-bond donors (Lipinski definition) is 0. The molecular weight excluding hydrogens is 182 g/mol. The van der Waals surface area contributed by atoms with E-state index in [-0.39, 0.29) is 0 Å². The second-order valence-corrected chi connectivity index (χ2v) is 2.87. The van der Waals surface area contributed by atoms with E-state index in [9.17, 15) is 0 Å². The van der Waals surface area contributed by atoms with Gasteiger partial charge in [0.05, 0.1) is 0 Å². The molecule has 0 bridgehead atoms. The zero-order chi connectivity index (χ0) is 10.9. The summed E-state index contributed by atoms with van der Waals surface area (Å²) < 4.78 is 3.25. The van der Waals surface area contributed by atoms with Gasteiger partial charge >= 0.3 is 0 Å². The van der Waals surface area contributed by atoms with Gasteiger partial charge in [-0.1, -0.05) is 60.7 Å². The van der Waals surface area contributed by atoms with Crippen molar-refractivity contribution in [3.05, 3.63) is 60.7 Å². The van der Waals surface area contributed by atoms with Crippen molar-refractivity contribution in [3.8, 4) is 11.1 Å². The standard InChI is InChI=1S/C12H10.B2O/c1-3-7-11(8-4-1)12-9-5-2-6-10-12;1-3-2/h1-10H;. The van der Waals surface area contributed by atoms with Gasteiger partial charge in [0.25, 0.3) is 16.1 Å². The summed E-state index contributed by atoms with van der Waals surface area (Å²) >= 11 is 0. The molecule has 0 aliphatic carbocycles. The van der Waals surface area contributed by atoms with E-state index in [2.05, 4.69) is 69.2 Å². The van der Waals surface area contributed by atoms with E-state index in [0.717, 1.165) is 0 Å². The molecule has 0 amide bonds. The third-order valence-corrected chi connectivity index (χ3v) is 1.88. The first-order valence-corrected chi connectivity index (χ1v) is 4.54. The maximum absolute atomic E-state index is 4.12. The van der Waals surface area contributed by atoms with Gasteiger partial charge in [-0.3, -0.25) is 0 Å². The zero-order valence-corrected chi connectivity index (χ0v) is 8.34. The normalized spacial score (nSPS) is 8.80. The molecular formula is C12H10B2O. The second-order valence-electron chi connectivity index (χ2n) is 2.87. The zero-order valence-electron chi connectivity index (χ0n) is 8.34. The molecule has 0 saturated carbocycles. The number of benzene rings is 2. The first-order valence-electron chi connectivity index (χ1n) is 4.54. The third-order valence-electron chi connectivity index (χ3n) is 1.88. The highest BCUT2D eigenvalue weighted by atomic mass is 16.4. The molecule has 0 aromatic heterocycles. The van der Waals surface area contributed by atoms with Gasteiger partial charge in [-0.2, -0.15) is 0 Å². The average Bonchev–Trinajstić information content (AvgIpc) is 2.32. The van der Waals surface area contributed by atoms with Crippen LogP contribution in [0.4, 0.5) is 0 Å². The lowest BCUT2D eigenvalue weighted by molar-refractivity contribution is 0.690. The summed E-state index contributed by atoms with van der Waals surface area (Å²) in [6.45, 7) is 0. The highest BCUT2D eigenvalue weighted by Gasteiger charge is 1.91. The van der Waals surface area contributed by atoms with Crippen molar-refractivity contribution >= 4 is 16.1 Å². The molecule has 0 aliphatic heterocycles. The van der Waals surface area contributed by atoms with Crippen LogP contribution in [0.15, 0.2) is 60.7 Å². The summed E-state index contributed by atoms with van der Waals surface area (Å²) in [7, 11) is 8.25. The van der Waals surface area contributed by atoms with Crippen LogP contribution in [0, 0.1) is 0 Å². The minimum atomic E-state index is 1.28. The van der Waals surface area contributed by atoms with Crippen LogP contribution in [0.1, 0.15) is 0 Å². The lowest BCUT2D eigenvalue weighted by Gasteiger charge is -1.98. The van der Waals surface area contributed by atoms with Crippen molar-refractivity contribution in [3.63, 3.8) is 0 Å². The predicted octanol–water partition coefficient (Wildman–Crippen LogP) is 2.52. The van der Waals surface area contributed by atoms with Crippen molar-refractivity contribution in [1.82, 2.24) is 0 Å². The average molecular weight is 192 g/mol. The Balaban J connectivity index is 0.000000337. The summed E-state index contributed by atoms with van der Waals surface area (Å²) in [5.74, 6) is 0. The molecule has 0 fully saturated rings. The molecule has 15 heavy (non-hydrogen) atoms. The van der Waals surface area contributed by atoms with E-state index in [1.54, 1.807) is 0 Å². The smallest absolute Gasteiger partial charge is 0.257 e. The first-order chi connectivity index (χ1) is 7.38. The van der Waals surface area contributed by atoms with Gasteiger partial charge in [0, 0.05) is 0 Å². The van der Waals surface area contributed by atoms with Gasteiger partial charge in [-0.25, -0.2) is 0 Å². The maximum Gasteiger partial charge on any atom is 0.257 e. The van der Waals surface area contributed by atoms with Gasteiger partial charge in [-0.05, 0) is 11.1 Å². The lowest BCUT2D eigenvalue weighted by Crippen LogP contribution is -1.73. The van der Waals surface area contributed by atoms with E-state index in [4.69, 9.17) is 0 Å². The molecule has 2 rings (SSSR count). The molecule has 3 heteroatoms. The second kappa shape index (κ2) is 6.91. The quantitative estimate of drug-likeness (QED) is 0.630. The van der Waals surface area contributed by atoms with Gasteiger partial charge in [-0.15, -0.1) is 0 Å². The monoisotopic (exact) mass is 192 g/mol. The summed E-state index contributed by atoms with van der Waals surface area (Å²) in [5, 5.41) is 0. The molecule has 0 heterocycles. The van der Waals surface area contributed by atoms with Crippen molar-refractivity contribution in [2.45, 2.75) is 0 Å². The molecule has 4 radical (unpaired) electrons. The molecule has 2 aromatic rings. The van der Waals surface area contributed by atoms with Crippen LogP contribution >= 0.6 is 0 Å². The first kappa shape index (κ1) is 11.6. The highest BCUT2D eigenvalue weighted by Crippen LogP contribution is 2.17. The van der Waals surface area contributed by atoms with E-state index in [0.29, 0.717) is 0 Å². The minimum Gasteiger partial charge on any atom is -0.514 e. The van der Waals surface area contributed by atoms with E-state index >= 15 is 0 Å². The maximum atomic E-state index is 4.12. The number of rotatable bonds is 1. The van der Waals surface area contributed by atoms with Crippen LogP contribution < -0.4 is 0 Å². The van der Waals surface area contributed by atoms with Crippen LogP contribution in [-0.2, 0) is 4.57 Å². The van der Waals surface area contributed by atoms with Gasteiger partial charge in [0.1, 0.15) is 0 Å². The van der Waals surface area contributed by atoms with Crippen LogP contribution in [0.5, 0.6) is 0 Å².